The van der Waals surface area contributed by atoms with Crippen molar-refractivity contribution in [3.8, 4) is 0 Å². The third kappa shape index (κ3) is 5.58. The summed E-state index contributed by atoms with van der Waals surface area (Å²) in [5, 5.41) is 10.8. The van der Waals surface area contributed by atoms with Gasteiger partial charge in [-0.3, -0.25) is 9.69 Å². The Bertz CT molecular complexity index is 1020. The number of carbonyl (C=O) groups is 1. The number of benzene rings is 2. The number of hydrogen-bond acceptors (Lipinski definition) is 3. The molecule has 1 aliphatic heterocycles. The Morgan fingerprint density at radius 1 is 1.03 bits per heavy atom. The molecule has 8 heteroatoms. The molecule has 1 amide bonds. The van der Waals surface area contributed by atoms with Gasteiger partial charge in [0, 0.05) is 37.7 Å². The normalized spacial score (nSPS) is 20.7. The van der Waals surface area contributed by atoms with Crippen LogP contribution in [-0.4, -0.2) is 65.3 Å². The molecule has 2 fully saturated rings. The molecule has 1 heterocycles. The van der Waals surface area contributed by atoms with Crippen molar-refractivity contribution in [1.29, 1.82) is 0 Å². The lowest BCUT2D eigenvalue weighted by Gasteiger charge is -2.44. The van der Waals surface area contributed by atoms with Crippen molar-refractivity contribution in [3.05, 3.63) is 70.7 Å². The van der Waals surface area contributed by atoms with E-state index in [0.29, 0.717) is 18.0 Å². The molecule has 36 heavy (non-hydrogen) atoms. The fourth-order valence-electron chi connectivity index (χ4n) is 5.88. The number of hydrogen-bond donors (Lipinski definition) is 1. The van der Waals surface area contributed by atoms with Gasteiger partial charge in [-0.15, -0.1) is 0 Å². The van der Waals surface area contributed by atoms with Crippen molar-refractivity contribution < 1.29 is 23.1 Å². The summed E-state index contributed by atoms with van der Waals surface area (Å²) in [4.78, 5) is 17.7. The number of likely N-dealkylation sites (N-methyl/N-ethyl adjacent to an activating group) is 1. The number of amides is 1. The van der Waals surface area contributed by atoms with E-state index >= 15 is 0 Å². The highest BCUT2D eigenvalue weighted by molar-refractivity contribution is 6.30. The van der Waals surface area contributed by atoms with Gasteiger partial charge in [0.05, 0.1) is 5.41 Å². The van der Waals surface area contributed by atoms with Gasteiger partial charge in [0.1, 0.15) is 0 Å². The summed E-state index contributed by atoms with van der Waals surface area (Å²) in [6.07, 6.45) is -1.30. The van der Waals surface area contributed by atoms with Crippen LogP contribution in [0.1, 0.15) is 49.7 Å². The van der Waals surface area contributed by atoms with Gasteiger partial charge in [0.25, 0.3) is 0 Å². The number of likely N-dealkylation sites (tertiary alicyclic amines) is 1. The van der Waals surface area contributed by atoms with Crippen LogP contribution in [0.5, 0.6) is 0 Å². The smallest absolute Gasteiger partial charge is 0.380 e. The van der Waals surface area contributed by atoms with Gasteiger partial charge >= 0.3 is 6.18 Å². The first kappa shape index (κ1) is 27.0. The monoisotopic (exact) mass is 522 g/mol. The van der Waals surface area contributed by atoms with Crippen LogP contribution in [0.25, 0.3) is 0 Å². The molecule has 196 valence electrons. The zero-order chi connectivity index (χ0) is 26.0. The Balaban J connectivity index is 1.54. The van der Waals surface area contributed by atoms with Gasteiger partial charge in [-0.2, -0.15) is 13.2 Å². The second-order valence-corrected chi connectivity index (χ2v) is 10.8. The van der Waals surface area contributed by atoms with E-state index in [1.807, 2.05) is 59.5 Å². The molecule has 1 atom stereocenters. The quantitative estimate of drug-likeness (QED) is 0.514. The highest BCUT2D eigenvalue weighted by Gasteiger charge is 2.55. The first-order valence-corrected chi connectivity index (χ1v) is 13.0. The lowest BCUT2D eigenvalue weighted by molar-refractivity contribution is -0.273. The van der Waals surface area contributed by atoms with E-state index in [9.17, 15) is 23.1 Å². The summed E-state index contributed by atoms with van der Waals surface area (Å²) in [5.74, 6) is 0.0455. The minimum absolute atomic E-state index is 0.0455. The van der Waals surface area contributed by atoms with Gasteiger partial charge in [0.2, 0.25) is 5.91 Å². The van der Waals surface area contributed by atoms with Gasteiger partial charge in [-0.1, -0.05) is 66.9 Å². The van der Waals surface area contributed by atoms with Crippen LogP contribution in [0.2, 0.25) is 5.02 Å². The maximum atomic E-state index is 13.9. The average molecular weight is 523 g/mol. The predicted molar refractivity (Wildman–Crippen MR) is 135 cm³/mol. The lowest BCUT2D eigenvalue weighted by Crippen LogP contribution is -2.57. The Morgan fingerprint density at radius 2 is 1.61 bits per heavy atom. The molecule has 1 saturated heterocycles. The minimum atomic E-state index is -4.64. The van der Waals surface area contributed by atoms with Crippen molar-refractivity contribution in [3.63, 3.8) is 0 Å². The molecular weight excluding hydrogens is 489 g/mol. The molecular formula is C28H34ClF3N2O2. The van der Waals surface area contributed by atoms with Gasteiger partial charge in [0.15, 0.2) is 5.60 Å². The molecule has 1 saturated carbocycles. The van der Waals surface area contributed by atoms with Crippen LogP contribution < -0.4 is 0 Å². The van der Waals surface area contributed by atoms with Crippen LogP contribution >= 0.6 is 11.6 Å². The Hall–Kier alpha value is -2.09. The SMILES string of the molecule is CN(CC(Cc1ccccc1)N1CCC(O)(C(F)(F)F)CC1)C(=O)C1(c2ccc(Cl)cc2)CCCC1. The number of halogens is 4. The standard InChI is InChI=1S/C28H34ClF3N2O2/c1-33(25(35)26(13-5-6-14-26)22-9-11-23(29)12-10-22)20-24(19-21-7-3-2-4-8-21)34-17-15-27(36,16-18-34)28(30,31)32/h2-4,7-12,24,36H,5-6,13-20H2,1H3. The number of carbonyl (C=O) groups excluding carboxylic acids is 1. The molecule has 2 aromatic rings. The molecule has 1 unspecified atom stereocenters. The van der Waals surface area contributed by atoms with Gasteiger partial charge in [-0.05, 0) is 55.4 Å². The molecule has 4 rings (SSSR count). The number of alkyl halides is 3. The Kier molecular flexibility index (Phi) is 8.03. The van der Waals surface area contributed by atoms with Crippen molar-refractivity contribution in [2.45, 2.75) is 68.2 Å². The van der Waals surface area contributed by atoms with E-state index in [1.165, 1.54) is 0 Å². The van der Waals surface area contributed by atoms with E-state index in [-0.39, 0.29) is 37.9 Å². The fraction of sp³-hybridized carbons (Fsp3) is 0.536. The molecule has 1 aliphatic carbocycles. The zero-order valence-electron chi connectivity index (χ0n) is 20.6. The summed E-state index contributed by atoms with van der Waals surface area (Å²) in [6.45, 7) is 0.642. The first-order chi connectivity index (χ1) is 17.0. The molecule has 2 aromatic carbocycles. The topological polar surface area (TPSA) is 43.8 Å². The van der Waals surface area contributed by atoms with Crippen molar-refractivity contribution in [1.82, 2.24) is 9.80 Å². The third-order valence-corrected chi connectivity index (χ3v) is 8.33. The van der Waals surface area contributed by atoms with E-state index < -0.39 is 17.2 Å². The van der Waals surface area contributed by atoms with E-state index in [1.54, 1.807) is 11.9 Å². The number of aliphatic hydroxyl groups is 1. The first-order valence-electron chi connectivity index (χ1n) is 12.6. The maximum absolute atomic E-state index is 13.9. The minimum Gasteiger partial charge on any atom is -0.380 e. The average Bonchev–Trinajstić information content (AvgIpc) is 3.35. The highest BCUT2D eigenvalue weighted by atomic mass is 35.5. The molecule has 2 aliphatic rings. The second-order valence-electron chi connectivity index (χ2n) is 10.4. The summed E-state index contributed by atoms with van der Waals surface area (Å²) < 4.78 is 40.2. The van der Waals surface area contributed by atoms with Gasteiger partial charge in [-0.25, -0.2) is 0 Å². The molecule has 0 radical (unpaired) electrons. The van der Waals surface area contributed by atoms with Crippen LogP contribution in [0.15, 0.2) is 54.6 Å². The predicted octanol–water partition coefficient (Wildman–Crippen LogP) is 5.61. The van der Waals surface area contributed by atoms with Crippen molar-refractivity contribution >= 4 is 17.5 Å². The summed E-state index contributed by atoms with van der Waals surface area (Å²) >= 11 is 6.10. The van der Waals surface area contributed by atoms with Crippen molar-refractivity contribution in [2.24, 2.45) is 0 Å². The Labute approximate surface area is 216 Å². The van der Waals surface area contributed by atoms with E-state index in [2.05, 4.69) is 0 Å². The summed E-state index contributed by atoms with van der Waals surface area (Å²) in [6, 6.07) is 17.1. The van der Waals surface area contributed by atoms with Crippen LogP contribution in [0, 0.1) is 0 Å². The van der Waals surface area contributed by atoms with Crippen LogP contribution in [-0.2, 0) is 16.6 Å². The summed E-state index contributed by atoms with van der Waals surface area (Å²) in [5.41, 5.74) is -1.22. The van der Waals surface area contributed by atoms with Crippen LogP contribution in [0.3, 0.4) is 0 Å². The number of nitrogens with zero attached hydrogens (tertiary/aromatic N) is 2. The third-order valence-electron chi connectivity index (χ3n) is 8.08. The molecule has 0 bridgehead atoms. The van der Waals surface area contributed by atoms with Crippen LogP contribution in [0.4, 0.5) is 13.2 Å². The second kappa shape index (κ2) is 10.7. The van der Waals surface area contributed by atoms with Gasteiger partial charge < -0.3 is 10.0 Å². The highest BCUT2D eigenvalue weighted by Crippen LogP contribution is 2.43. The summed E-state index contributed by atoms with van der Waals surface area (Å²) in [7, 11) is 1.80. The van der Waals surface area contributed by atoms with Crippen molar-refractivity contribution in [2.75, 3.05) is 26.7 Å². The molecule has 0 spiro atoms. The fourth-order valence-corrected chi connectivity index (χ4v) is 6.00. The number of rotatable bonds is 7. The molecule has 4 nitrogen and oxygen atoms in total. The largest absolute Gasteiger partial charge is 0.417 e. The van der Waals surface area contributed by atoms with E-state index in [4.69, 9.17) is 11.6 Å². The lowest BCUT2D eigenvalue weighted by atomic mass is 9.77. The zero-order valence-corrected chi connectivity index (χ0v) is 21.4. The number of piperidine rings is 1. The maximum Gasteiger partial charge on any atom is 0.417 e. The Morgan fingerprint density at radius 3 is 2.17 bits per heavy atom. The van der Waals surface area contributed by atoms with E-state index in [0.717, 1.165) is 36.8 Å². The molecule has 1 N–H and O–H groups in total. The molecule has 0 aromatic heterocycles.